The molecule has 1 unspecified atom stereocenters. The van der Waals surface area contributed by atoms with E-state index in [1.807, 2.05) is 12.2 Å². The predicted octanol–water partition coefficient (Wildman–Crippen LogP) is -0.361. The molecule has 1 N–H and O–H groups in total. The Hall–Kier alpha value is -0.343. The van der Waals surface area contributed by atoms with Crippen LogP contribution in [0.25, 0.3) is 0 Å². The van der Waals surface area contributed by atoms with Crippen LogP contribution in [0, 0.1) is 0 Å². The van der Waals surface area contributed by atoms with E-state index in [0.29, 0.717) is 5.67 Å². The molecule has 8 heavy (non-hydrogen) atoms. The van der Waals surface area contributed by atoms with E-state index in [4.69, 9.17) is 0 Å². The molecule has 0 aromatic rings. The van der Waals surface area contributed by atoms with Crippen molar-refractivity contribution in [1.82, 2.24) is 5.32 Å². The van der Waals surface area contributed by atoms with Crippen LogP contribution < -0.4 is 5.32 Å². The van der Waals surface area contributed by atoms with Gasteiger partial charge in [-0.05, 0) is 0 Å². The van der Waals surface area contributed by atoms with E-state index in [0.717, 1.165) is 16.8 Å². The lowest BCUT2D eigenvalue weighted by Crippen LogP contribution is -2.26. The summed E-state index contributed by atoms with van der Waals surface area (Å²) >= 11 is 0. The van der Waals surface area contributed by atoms with Crippen LogP contribution in [0.1, 0.15) is 0 Å². The molecule has 2 heteroatoms. The van der Waals surface area contributed by atoms with Gasteiger partial charge in [0.15, 0.2) is 0 Å². The Bertz CT molecular complexity index is 80.6. The molecular weight excluding hydrogens is 114 g/mol. The minimum atomic E-state index is 0.535. The van der Waals surface area contributed by atoms with Gasteiger partial charge < -0.3 is 5.32 Å². The SMILES string of the molecule is C=CCNC([SiH3])C=C. The highest BCUT2D eigenvalue weighted by atomic mass is 28.1. The fourth-order valence-electron chi connectivity index (χ4n) is 0.353. The normalized spacial score (nSPS) is 13.0. The molecule has 0 aromatic heterocycles. The maximum Gasteiger partial charge on any atom is 0.0290 e. The molecule has 0 spiro atoms. The van der Waals surface area contributed by atoms with Gasteiger partial charge >= 0.3 is 0 Å². The standard InChI is InChI=1S/C6H13NSi/c1-3-5-7-6(8)4-2/h3-4,6-7H,1-2,5H2,8H3. The summed E-state index contributed by atoms with van der Waals surface area (Å²) in [7, 11) is 1.13. The highest BCUT2D eigenvalue weighted by Crippen LogP contribution is 1.73. The second kappa shape index (κ2) is 4.81. The van der Waals surface area contributed by atoms with Crippen LogP contribution >= 0.6 is 0 Å². The van der Waals surface area contributed by atoms with Gasteiger partial charge in [-0.25, -0.2) is 0 Å². The summed E-state index contributed by atoms with van der Waals surface area (Å²) in [6.07, 6.45) is 3.78. The van der Waals surface area contributed by atoms with Crippen LogP contribution in [0.3, 0.4) is 0 Å². The number of rotatable bonds is 4. The van der Waals surface area contributed by atoms with Crippen molar-refractivity contribution in [2.24, 2.45) is 0 Å². The van der Waals surface area contributed by atoms with Crippen molar-refractivity contribution in [2.45, 2.75) is 5.67 Å². The third-order valence-corrected chi connectivity index (χ3v) is 1.82. The fourth-order valence-corrected chi connectivity index (χ4v) is 0.588. The second-order valence-electron chi connectivity index (χ2n) is 1.72. The average molecular weight is 127 g/mol. The monoisotopic (exact) mass is 127 g/mol. The van der Waals surface area contributed by atoms with E-state index >= 15 is 0 Å². The minimum Gasteiger partial charge on any atom is -0.311 e. The fraction of sp³-hybridized carbons (Fsp3) is 0.333. The molecule has 0 amide bonds. The van der Waals surface area contributed by atoms with E-state index in [1.165, 1.54) is 0 Å². The van der Waals surface area contributed by atoms with Crippen LogP contribution in [0.15, 0.2) is 25.3 Å². The Balaban J connectivity index is 3.09. The van der Waals surface area contributed by atoms with Crippen molar-refractivity contribution in [2.75, 3.05) is 6.54 Å². The van der Waals surface area contributed by atoms with Crippen molar-refractivity contribution in [1.29, 1.82) is 0 Å². The van der Waals surface area contributed by atoms with E-state index in [2.05, 4.69) is 18.5 Å². The minimum absolute atomic E-state index is 0.535. The van der Waals surface area contributed by atoms with Gasteiger partial charge in [-0.1, -0.05) is 12.2 Å². The molecule has 46 valence electrons. The molecule has 0 aromatic carbocycles. The van der Waals surface area contributed by atoms with Gasteiger partial charge in [0, 0.05) is 22.5 Å². The zero-order chi connectivity index (χ0) is 6.41. The maximum atomic E-state index is 3.65. The van der Waals surface area contributed by atoms with E-state index in [9.17, 15) is 0 Å². The van der Waals surface area contributed by atoms with Crippen molar-refractivity contribution >= 4 is 10.2 Å². The summed E-state index contributed by atoms with van der Waals surface area (Å²) < 4.78 is 0. The highest BCUT2D eigenvalue weighted by molar-refractivity contribution is 6.12. The molecule has 0 saturated heterocycles. The quantitative estimate of drug-likeness (QED) is 0.402. The van der Waals surface area contributed by atoms with Gasteiger partial charge in [-0.3, -0.25) is 0 Å². The summed E-state index contributed by atoms with van der Waals surface area (Å²) in [6.45, 7) is 8.13. The van der Waals surface area contributed by atoms with Crippen molar-refractivity contribution < 1.29 is 0 Å². The Morgan fingerprint density at radius 1 is 1.62 bits per heavy atom. The van der Waals surface area contributed by atoms with Crippen molar-refractivity contribution in [3.8, 4) is 0 Å². The molecule has 0 aliphatic carbocycles. The topological polar surface area (TPSA) is 12.0 Å². The van der Waals surface area contributed by atoms with Crippen LogP contribution in [-0.2, 0) is 0 Å². The third kappa shape index (κ3) is 3.83. The highest BCUT2D eigenvalue weighted by Gasteiger charge is 1.87. The lowest BCUT2D eigenvalue weighted by atomic mass is 10.5. The molecule has 0 bridgehead atoms. The van der Waals surface area contributed by atoms with E-state index in [1.54, 1.807) is 0 Å². The zero-order valence-electron chi connectivity index (χ0n) is 5.35. The molecule has 1 nitrogen and oxygen atoms in total. The van der Waals surface area contributed by atoms with Crippen molar-refractivity contribution in [3.05, 3.63) is 25.3 Å². The molecule has 0 aliphatic rings. The predicted molar refractivity (Wildman–Crippen MR) is 42.1 cm³/mol. The Kier molecular flexibility index (Phi) is 4.60. The molecule has 0 fully saturated rings. The van der Waals surface area contributed by atoms with Gasteiger partial charge in [-0.2, -0.15) is 0 Å². The zero-order valence-corrected chi connectivity index (χ0v) is 7.35. The first-order valence-corrected chi connectivity index (χ1v) is 3.93. The summed E-state index contributed by atoms with van der Waals surface area (Å²) in [5.74, 6) is 0. The van der Waals surface area contributed by atoms with Gasteiger partial charge in [-0.15, -0.1) is 13.2 Å². The van der Waals surface area contributed by atoms with Gasteiger partial charge in [0.05, 0.1) is 0 Å². The van der Waals surface area contributed by atoms with Crippen LogP contribution in [0.2, 0.25) is 0 Å². The first-order chi connectivity index (χ1) is 3.81. The molecule has 0 aliphatic heterocycles. The molecule has 0 heterocycles. The smallest absolute Gasteiger partial charge is 0.0290 e. The summed E-state index contributed by atoms with van der Waals surface area (Å²) in [6, 6.07) is 0. The Labute approximate surface area is 53.9 Å². The lowest BCUT2D eigenvalue weighted by Gasteiger charge is -2.03. The second-order valence-corrected chi connectivity index (χ2v) is 2.97. The first kappa shape index (κ1) is 7.66. The Morgan fingerprint density at radius 3 is 2.62 bits per heavy atom. The molecule has 1 atom stereocenters. The molecule has 0 saturated carbocycles. The molecule has 0 rings (SSSR count). The van der Waals surface area contributed by atoms with Gasteiger partial charge in [0.1, 0.15) is 0 Å². The van der Waals surface area contributed by atoms with Crippen molar-refractivity contribution in [3.63, 3.8) is 0 Å². The Morgan fingerprint density at radius 2 is 2.25 bits per heavy atom. The lowest BCUT2D eigenvalue weighted by molar-refractivity contribution is 0.792. The average Bonchev–Trinajstić information content (AvgIpc) is 1.83. The van der Waals surface area contributed by atoms with Crippen LogP contribution in [0.5, 0.6) is 0 Å². The summed E-state index contributed by atoms with van der Waals surface area (Å²) in [4.78, 5) is 0. The number of nitrogens with one attached hydrogen (secondary N) is 1. The third-order valence-electron chi connectivity index (χ3n) is 0.938. The number of hydrogen-bond acceptors (Lipinski definition) is 1. The first-order valence-electron chi connectivity index (χ1n) is 2.78. The number of hydrogen-bond donors (Lipinski definition) is 1. The van der Waals surface area contributed by atoms with Gasteiger partial charge in [0.25, 0.3) is 0 Å². The van der Waals surface area contributed by atoms with E-state index in [-0.39, 0.29) is 0 Å². The van der Waals surface area contributed by atoms with E-state index < -0.39 is 0 Å². The molecule has 0 radical (unpaired) electrons. The molecular formula is C6H13NSi. The summed E-state index contributed by atoms with van der Waals surface area (Å²) in [5.41, 5.74) is 0.535. The van der Waals surface area contributed by atoms with Crippen LogP contribution in [-0.4, -0.2) is 22.5 Å². The largest absolute Gasteiger partial charge is 0.311 e. The summed E-state index contributed by atoms with van der Waals surface area (Å²) in [5, 5.41) is 3.21. The maximum absolute atomic E-state index is 3.65. The van der Waals surface area contributed by atoms with Crippen LogP contribution in [0.4, 0.5) is 0 Å². The van der Waals surface area contributed by atoms with Gasteiger partial charge in [0.2, 0.25) is 0 Å².